The molecule has 3 nitrogen and oxygen atoms in total. The number of rotatable bonds is 4. The maximum atomic E-state index is 8.73. The molecule has 0 aliphatic heterocycles. The van der Waals surface area contributed by atoms with Crippen molar-refractivity contribution in [1.82, 2.24) is 4.98 Å². The van der Waals surface area contributed by atoms with E-state index < -0.39 is 0 Å². The summed E-state index contributed by atoms with van der Waals surface area (Å²) in [5.41, 5.74) is 0. The van der Waals surface area contributed by atoms with Gasteiger partial charge in [0.05, 0.1) is 0 Å². The smallest absolute Gasteiger partial charge is 0.135 e. The standard InChI is InChI=1S/C12H13ClN2O/c13-11-8-9-4-1-2-5-10(9)12(15-11)14-6-3-7-16/h1-2,4-5,8,16H,3,6-7H2,(H,14,15). The molecule has 84 valence electrons. The average molecular weight is 237 g/mol. The molecule has 0 aliphatic rings. The summed E-state index contributed by atoms with van der Waals surface area (Å²) in [6.07, 6.45) is 0.697. The summed E-state index contributed by atoms with van der Waals surface area (Å²) in [5, 5.41) is 14.5. The second kappa shape index (κ2) is 5.14. The molecule has 0 aliphatic carbocycles. The lowest BCUT2D eigenvalue weighted by molar-refractivity contribution is 0.292. The van der Waals surface area contributed by atoms with Crippen molar-refractivity contribution in [1.29, 1.82) is 0 Å². The van der Waals surface area contributed by atoms with Gasteiger partial charge < -0.3 is 10.4 Å². The number of hydrogen-bond donors (Lipinski definition) is 2. The zero-order chi connectivity index (χ0) is 11.4. The van der Waals surface area contributed by atoms with Crippen LogP contribution in [0.1, 0.15) is 6.42 Å². The van der Waals surface area contributed by atoms with E-state index in [1.165, 1.54) is 0 Å². The van der Waals surface area contributed by atoms with E-state index in [4.69, 9.17) is 16.7 Å². The molecule has 0 saturated heterocycles. The van der Waals surface area contributed by atoms with Crippen molar-refractivity contribution in [2.45, 2.75) is 6.42 Å². The minimum Gasteiger partial charge on any atom is -0.396 e. The quantitative estimate of drug-likeness (QED) is 0.634. The Morgan fingerprint density at radius 1 is 1.31 bits per heavy atom. The van der Waals surface area contributed by atoms with E-state index in [9.17, 15) is 0 Å². The largest absolute Gasteiger partial charge is 0.396 e. The summed E-state index contributed by atoms with van der Waals surface area (Å²) < 4.78 is 0. The molecular formula is C12H13ClN2O. The van der Waals surface area contributed by atoms with Crippen LogP contribution in [0, 0.1) is 0 Å². The van der Waals surface area contributed by atoms with Crippen LogP contribution in [-0.4, -0.2) is 23.2 Å². The molecule has 2 rings (SSSR count). The first kappa shape index (κ1) is 11.2. The molecule has 4 heteroatoms. The molecule has 1 aromatic heterocycles. The zero-order valence-electron chi connectivity index (χ0n) is 8.78. The van der Waals surface area contributed by atoms with Crippen LogP contribution in [-0.2, 0) is 0 Å². The molecule has 1 aromatic carbocycles. The first-order chi connectivity index (χ1) is 7.81. The lowest BCUT2D eigenvalue weighted by Crippen LogP contribution is -2.05. The minimum absolute atomic E-state index is 0.172. The number of pyridine rings is 1. The summed E-state index contributed by atoms with van der Waals surface area (Å²) in [6.45, 7) is 0.860. The van der Waals surface area contributed by atoms with Crippen LogP contribution < -0.4 is 5.32 Å². The number of halogens is 1. The summed E-state index contributed by atoms with van der Waals surface area (Å²) in [6, 6.07) is 9.78. The monoisotopic (exact) mass is 236 g/mol. The third-order valence-electron chi connectivity index (χ3n) is 2.34. The molecule has 0 spiro atoms. The third-order valence-corrected chi connectivity index (χ3v) is 2.53. The summed E-state index contributed by atoms with van der Waals surface area (Å²) >= 11 is 5.94. The van der Waals surface area contributed by atoms with Crippen molar-refractivity contribution in [3.8, 4) is 0 Å². The van der Waals surface area contributed by atoms with Gasteiger partial charge in [-0.3, -0.25) is 0 Å². The van der Waals surface area contributed by atoms with Gasteiger partial charge in [-0.1, -0.05) is 35.9 Å². The lowest BCUT2D eigenvalue weighted by Gasteiger charge is -2.08. The second-order valence-corrected chi connectivity index (χ2v) is 3.91. The molecule has 0 atom stereocenters. The van der Waals surface area contributed by atoms with Crippen LogP contribution >= 0.6 is 11.6 Å². The van der Waals surface area contributed by atoms with Crippen LogP contribution in [0.15, 0.2) is 30.3 Å². The van der Waals surface area contributed by atoms with E-state index in [0.29, 0.717) is 18.1 Å². The van der Waals surface area contributed by atoms with E-state index >= 15 is 0 Å². The molecule has 0 bridgehead atoms. The van der Waals surface area contributed by atoms with Gasteiger partial charge in [0, 0.05) is 18.5 Å². The normalized spacial score (nSPS) is 10.6. The van der Waals surface area contributed by atoms with Crippen LogP contribution in [0.3, 0.4) is 0 Å². The SMILES string of the molecule is OCCCNc1nc(Cl)cc2ccccc12. The Hall–Kier alpha value is -1.32. The molecule has 2 aromatic rings. The van der Waals surface area contributed by atoms with Gasteiger partial charge in [0.2, 0.25) is 0 Å². The van der Waals surface area contributed by atoms with Gasteiger partial charge in [0.1, 0.15) is 11.0 Å². The fourth-order valence-corrected chi connectivity index (χ4v) is 1.79. The van der Waals surface area contributed by atoms with Crippen LogP contribution in [0.4, 0.5) is 5.82 Å². The Bertz CT molecular complexity index is 487. The number of anilines is 1. The van der Waals surface area contributed by atoms with Gasteiger partial charge in [0.15, 0.2) is 0 Å². The fourth-order valence-electron chi connectivity index (χ4n) is 1.59. The Labute approximate surface area is 99.1 Å². The highest BCUT2D eigenvalue weighted by Crippen LogP contribution is 2.24. The highest BCUT2D eigenvalue weighted by atomic mass is 35.5. The number of fused-ring (bicyclic) bond motifs is 1. The number of aliphatic hydroxyl groups excluding tert-OH is 1. The Morgan fingerprint density at radius 2 is 2.12 bits per heavy atom. The van der Waals surface area contributed by atoms with E-state index in [1.54, 1.807) is 0 Å². The van der Waals surface area contributed by atoms with Crippen LogP contribution in [0.2, 0.25) is 5.15 Å². The number of benzene rings is 1. The van der Waals surface area contributed by atoms with Gasteiger partial charge in [-0.25, -0.2) is 4.98 Å². The van der Waals surface area contributed by atoms with E-state index in [-0.39, 0.29) is 6.61 Å². The number of nitrogens with one attached hydrogen (secondary N) is 1. The summed E-state index contributed by atoms with van der Waals surface area (Å²) in [7, 11) is 0. The van der Waals surface area contributed by atoms with Crippen molar-refractivity contribution in [3.05, 3.63) is 35.5 Å². The molecular weight excluding hydrogens is 224 g/mol. The maximum absolute atomic E-state index is 8.73. The topological polar surface area (TPSA) is 45.1 Å². The van der Waals surface area contributed by atoms with E-state index in [2.05, 4.69) is 10.3 Å². The zero-order valence-corrected chi connectivity index (χ0v) is 9.54. The Morgan fingerprint density at radius 3 is 2.94 bits per heavy atom. The fraction of sp³-hybridized carbons (Fsp3) is 0.250. The lowest BCUT2D eigenvalue weighted by atomic mass is 10.1. The first-order valence-electron chi connectivity index (χ1n) is 5.21. The predicted octanol–water partition coefficient (Wildman–Crippen LogP) is 2.68. The first-order valence-corrected chi connectivity index (χ1v) is 5.59. The van der Waals surface area contributed by atoms with E-state index in [1.807, 2.05) is 30.3 Å². The molecule has 2 N–H and O–H groups in total. The molecule has 0 radical (unpaired) electrons. The van der Waals surface area contributed by atoms with Crippen LogP contribution in [0.5, 0.6) is 0 Å². The number of aliphatic hydroxyl groups is 1. The Balaban J connectivity index is 2.34. The van der Waals surface area contributed by atoms with Gasteiger partial charge in [0.25, 0.3) is 0 Å². The highest BCUT2D eigenvalue weighted by Gasteiger charge is 2.03. The molecule has 1 heterocycles. The van der Waals surface area contributed by atoms with Gasteiger partial charge in [-0.05, 0) is 17.9 Å². The number of aromatic nitrogens is 1. The van der Waals surface area contributed by atoms with E-state index in [0.717, 1.165) is 16.6 Å². The molecule has 0 amide bonds. The minimum atomic E-state index is 0.172. The van der Waals surface area contributed by atoms with Gasteiger partial charge in [-0.2, -0.15) is 0 Å². The van der Waals surface area contributed by atoms with Crippen molar-refractivity contribution in [2.24, 2.45) is 0 Å². The summed E-state index contributed by atoms with van der Waals surface area (Å²) in [5.74, 6) is 0.775. The van der Waals surface area contributed by atoms with Gasteiger partial charge >= 0.3 is 0 Å². The predicted molar refractivity (Wildman–Crippen MR) is 66.9 cm³/mol. The average Bonchev–Trinajstić information content (AvgIpc) is 2.29. The molecule has 16 heavy (non-hydrogen) atoms. The van der Waals surface area contributed by atoms with Crippen molar-refractivity contribution in [3.63, 3.8) is 0 Å². The molecule has 0 saturated carbocycles. The Kier molecular flexibility index (Phi) is 3.59. The maximum Gasteiger partial charge on any atom is 0.135 e. The van der Waals surface area contributed by atoms with Gasteiger partial charge in [-0.15, -0.1) is 0 Å². The van der Waals surface area contributed by atoms with Crippen molar-refractivity contribution < 1.29 is 5.11 Å². The number of hydrogen-bond acceptors (Lipinski definition) is 3. The molecule has 0 unspecified atom stereocenters. The highest BCUT2D eigenvalue weighted by molar-refractivity contribution is 6.30. The van der Waals surface area contributed by atoms with Crippen molar-refractivity contribution >= 4 is 28.2 Å². The van der Waals surface area contributed by atoms with Crippen molar-refractivity contribution in [2.75, 3.05) is 18.5 Å². The third kappa shape index (κ3) is 2.43. The second-order valence-electron chi connectivity index (χ2n) is 3.52. The summed E-state index contributed by atoms with van der Waals surface area (Å²) in [4.78, 5) is 4.25. The number of nitrogens with zero attached hydrogens (tertiary/aromatic N) is 1. The van der Waals surface area contributed by atoms with Crippen LogP contribution in [0.25, 0.3) is 10.8 Å². The molecule has 0 fully saturated rings.